The van der Waals surface area contributed by atoms with E-state index in [-0.39, 0.29) is 24.0 Å². The Kier molecular flexibility index (Phi) is 6.92. The number of nitrogens with zero attached hydrogens (tertiary/aromatic N) is 2. The first-order valence-electron chi connectivity index (χ1n) is 8.29. The van der Waals surface area contributed by atoms with Crippen molar-refractivity contribution >= 4 is 29.9 Å². The number of hydrogen-bond donors (Lipinski definition) is 2. The Morgan fingerprint density at radius 1 is 1.27 bits per heavy atom. The van der Waals surface area contributed by atoms with Crippen molar-refractivity contribution < 1.29 is 0 Å². The van der Waals surface area contributed by atoms with Gasteiger partial charge >= 0.3 is 0 Å². The summed E-state index contributed by atoms with van der Waals surface area (Å²) < 4.78 is 0. The lowest BCUT2D eigenvalue weighted by Gasteiger charge is -2.21. The van der Waals surface area contributed by atoms with Crippen LogP contribution in [-0.2, 0) is 6.42 Å². The Bertz CT molecular complexity index is 471. The SMILES string of the molecule is I.NC(=NCCc1ccccn1)NC1CC1C1CCCCC1. The molecule has 0 bridgehead atoms. The Morgan fingerprint density at radius 3 is 2.82 bits per heavy atom. The highest BCUT2D eigenvalue weighted by Crippen LogP contribution is 2.44. The first-order chi connectivity index (χ1) is 10.3. The number of hydrogen-bond acceptors (Lipinski definition) is 2. The third kappa shape index (κ3) is 5.11. The van der Waals surface area contributed by atoms with Crippen molar-refractivity contribution in [3.63, 3.8) is 0 Å². The van der Waals surface area contributed by atoms with Crippen LogP contribution < -0.4 is 11.1 Å². The summed E-state index contributed by atoms with van der Waals surface area (Å²) in [5, 5.41) is 3.39. The smallest absolute Gasteiger partial charge is 0.188 e. The molecule has 2 fully saturated rings. The van der Waals surface area contributed by atoms with Crippen LogP contribution in [0.4, 0.5) is 0 Å². The highest BCUT2D eigenvalue weighted by Gasteiger charge is 2.43. The minimum Gasteiger partial charge on any atom is -0.370 e. The molecule has 1 aromatic heterocycles. The van der Waals surface area contributed by atoms with Crippen LogP contribution >= 0.6 is 24.0 Å². The van der Waals surface area contributed by atoms with Crippen molar-refractivity contribution in [1.29, 1.82) is 0 Å². The first kappa shape index (κ1) is 17.5. The number of aromatic nitrogens is 1. The number of guanidine groups is 1. The van der Waals surface area contributed by atoms with Crippen molar-refractivity contribution in [3.05, 3.63) is 30.1 Å². The number of rotatable bonds is 5. The number of nitrogens with two attached hydrogens (primary N) is 1. The van der Waals surface area contributed by atoms with Crippen LogP contribution in [0.2, 0.25) is 0 Å². The second-order valence-electron chi connectivity index (χ2n) is 6.39. The second-order valence-corrected chi connectivity index (χ2v) is 6.39. The van der Waals surface area contributed by atoms with Crippen molar-refractivity contribution in [2.75, 3.05) is 6.54 Å². The summed E-state index contributed by atoms with van der Waals surface area (Å²) in [5.41, 5.74) is 7.06. The number of aliphatic imine (C=N–C) groups is 1. The predicted molar refractivity (Wildman–Crippen MR) is 101 cm³/mol. The average Bonchev–Trinajstić information content (AvgIpc) is 3.28. The molecule has 2 saturated carbocycles. The van der Waals surface area contributed by atoms with Crippen LogP contribution in [0.5, 0.6) is 0 Å². The van der Waals surface area contributed by atoms with Gasteiger partial charge in [0.05, 0.1) is 0 Å². The van der Waals surface area contributed by atoms with E-state index in [0.717, 1.165) is 24.0 Å². The molecule has 2 unspecified atom stereocenters. The van der Waals surface area contributed by atoms with Crippen molar-refractivity contribution in [3.8, 4) is 0 Å². The Hall–Kier alpha value is -0.850. The molecule has 0 saturated heterocycles. The maximum absolute atomic E-state index is 5.99. The first-order valence-corrected chi connectivity index (χ1v) is 8.29. The lowest BCUT2D eigenvalue weighted by Crippen LogP contribution is -2.35. The van der Waals surface area contributed by atoms with Crippen LogP contribution in [0.15, 0.2) is 29.4 Å². The molecule has 22 heavy (non-hydrogen) atoms. The third-order valence-corrected chi connectivity index (χ3v) is 4.80. The fraction of sp³-hybridized carbons (Fsp3) is 0.647. The third-order valence-electron chi connectivity index (χ3n) is 4.80. The number of halogens is 1. The topological polar surface area (TPSA) is 63.3 Å². The van der Waals surface area contributed by atoms with Gasteiger partial charge in [0.15, 0.2) is 5.96 Å². The monoisotopic (exact) mass is 414 g/mol. The zero-order valence-electron chi connectivity index (χ0n) is 13.1. The molecule has 0 radical (unpaired) electrons. The van der Waals surface area contributed by atoms with Gasteiger partial charge in [-0.3, -0.25) is 9.98 Å². The summed E-state index contributed by atoms with van der Waals surface area (Å²) in [7, 11) is 0. The zero-order chi connectivity index (χ0) is 14.5. The molecule has 1 heterocycles. The van der Waals surface area contributed by atoms with E-state index in [4.69, 9.17) is 5.73 Å². The van der Waals surface area contributed by atoms with Gasteiger partial charge < -0.3 is 11.1 Å². The quantitative estimate of drug-likeness (QED) is 0.442. The molecule has 2 aliphatic rings. The molecular weight excluding hydrogens is 387 g/mol. The molecule has 5 heteroatoms. The van der Waals surface area contributed by atoms with E-state index in [9.17, 15) is 0 Å². The van der Waals surface area contributed by atoms with Crippen molar-refractivity contribution in [2.24, 2.45) is 22.6 Å². The van der Waals surface area contributed by atoms with E-state index in [0.29, 0.717) is 18.5 Å². The highest BCUT2D eigenvalue weighted by molar-refractivity contribution is 14.0. The molecule has 4 nitrogen and oxygen atoms in total. The van der Waals surface area contributed by atoms with Gasteiger partial charge in [0, 0.05) is 30.9 Å². The molecule has 0 aromatic carbocycles. The summed E-state index contributed by atoms with van der Waals surface area (Å²) >= 11 is 0. The van der Waals surface area contributed by atoms with E-state index in [1.807, 2.05) is 24.4 Å². The van der Waals surface area contributed by atoms with E-state index in [1.165, 1.54) is 38.5 Å². The average molecular weight is 414 g/mol. The van der Waals surface area contributed by atoms with Gasteiger partial charge in [0.25, 0.3) is 0 Å². The molecule has 1 aromatic rings. The number of nitrogens with one attached hydrogen (secondary N) is 1. The lowest BCUT2D eigenvalue weighted by atomic mass is 9.85. The molecular formula is C17H27IN4. The summed E-state index contributed by atoms with van der Waals surface area (Å²) in [6.07, 6.45) is 11.0. The predicted octanol–water partition coefficient (Wildman–Crippen LogP) is 3.12. The van der Waals surface area contributed by atoms with Gasteiger partial charge in [-0.15, -0.1) is 24.0 Å². The highest BCUT2D eigenvalue weighted by atomic mass is 127. The standard InChI is InChI=1S/C17H26N4.HI/c18-17(20-11-9-14-8-4-5-10-19-14)21-16-12-15(16)13-6-2-1-3-7-13;/h4-5,8,10,13,15-16H,1-3,6-7,9,11-12H2,(H3,18,20,21);1H. The molecule has 2 atom stereocenters. The minimum atomic E-state index is 0. The maximum Gasteiger partial charge on any atom is 0.188 e. The fourth-order valence-corrected chi connectivity index (χ4v) is 3.54. The summed E-state index contributed by atoms with van der Waals surface area (Å²) in [6, 6.07) is 6.54. The van der Waals surface area contributed by atoms with Crippen LogP contribution in [0, 0.1) is 11.8 Å². The molecule has 2 aliphatic carbocycles. The van der Waals surface area contributed by atoms with Crippen LogP contribution in [0.3, 0.4) is 0 Å². The molecule has 0 aliphatic heterocycles. The molecule has 0 amide bonds. The van der Waals surface area contributed by atoms with Gasteiger partial charge in [-0.2, -0.15) is 0 Å². The fourth-order valence-electron chi connectivity index (χ4n) is 3.54. The van der Waals surface area contributed by atoms with Crippen LogP contribution in [-0.4, -0.2) is 23.5 Å². The van der Waals surface area contributed by atoms with E-state index < -0.39 is 0 Å². The molecule has 3 rings (SSSR count). The molecule has 122 valence electrons. The maximum atomic E-state index is 5.99. The van der Waals surface area contributed by atoms with Crippen LogP contribution in [0.1, 0.15) is 44.2 Å². The van der Waals surface area contributed by atoms with Crippen molar-refractivity contribution in [1.82, 2.24) is 10.3 Å². The normalized spacial score (nSPS) is 25.4. The largest absolute Gasteiger partial charge is 0.370 e. The Balaban J connectivity index is 0.00000176. The zero-order valence-corrected chi connectivity index (χ0v) is 15.4. The molecule has 3 N–H and O–H groups in total. The van der Waals surface area contributed by atoms with E-state index in [2.05, 4.69) is 15.3 Å². The minimum absolute atomic E-state index is 0. The Labute approximate surface area is 150 Å². The molecule has 0 spiro atoms. The summed E-state index contributed by atoms with van der Waals surface area (Å²) in [6.45, 7) is 0.705. The van der Waals surface area contributed by atoms with E-state index in [1.54, 1.807) is 0 Å². The van der Waals surface area contributed by atoms with Gasteiger partial charge in [-0.05, 0) is 30.4 Å². The summed E-state index contributed by atoms with van der Waals surface area (Å²) in [4.78, 5) is 8.71. The van der Waals surface area contributed by atoms with Crippen LogP contribution in [0.25, 0.3) is 0 Å². The second kappa shape index (κ2) is 8.70. The number of pyridine rings is 1. The van der Waals surface area contributed by atoms with E-state index >= 15 is 0 Å². The summed E-state index contributed by atoms with van der Waals surface area (Å²) in [5.74, 6) is 2.38. The van der Waals surface area contributed by atoms with Gasteiger partial charge in [-0.1, -0.05) is 38.2 Å². The lowest BCUT2D eigenvalue weighted by molar-refractivity contribution is 0.316. The van der Waals surface area contributed by atoms with Gasteiger partial charge in [0.2, 0.25) is 0 Å². The Morgan fingerprint density at radius 2 is 2.09 bits per heavy atom. The van der Waals surface area contributed by atoms with Gasteiger partial charge in [-0.25, -0.2) is 0 Å². The van der Waals surface area contributed by atoms with Gasteiger partial charge in [0.1, 0.15) is 0 Å². The van der Waals surface area contributed by atoms with Crippen molar-refractivity contribution in [2.45, 2.75) is 51.0 Å².